The molecule has 21 heavy (non-hydrogen) atoms. The van der Waals surface area contributed by atoms with Crippen molar-refractivity contribution in [2.24, 2.45) is 0 Å². The van der Waals surface area contributed by atoms with E-state index in [1.54, 1.807) is 19.4 Å². The molecule has 2 aromatic rings. The van der Waals surface area contributed by atoms with Crippen LogP contribution < -0.4 is 10.1 Å². The van der Waals surface area contributed by atoms with Gasteiger partial charge in [-0.15, -0.1) is 0 Å². The molecule has 110 valence electrons. The third-order valence-corrected chi connectivity index (χ3v) is 2.75. The minimum Gasteiger partial charge on any atom is -0.473 e. The Morgan fingerprint density at radius 2 is 2.14 bits per heavy atom. The van der Waals surface area contributed by atoms with Gasteiger partial charge in [0.1, 0.15) is 6.20 Å². The van der Waals surface area contributed by atoms with Crippen LogP contribution in [0.25, 0.3) is 0 Å². The molecule has 0 radical (unpaired) electrons. The summed E-state index contributed by atoms with van der Waals surface area (Å²) < 4.78 is 5.41. The second kappa shape index (κ2) is 7.13. The van der Waals surface area contributed by atoms with Crippen LogP contribution in [0, 0.1) is 10.1 Å². The maximum absolute atomic E-state index is 10.9. The number of nitrogens with zero attached hydrogens (tertiary/aromatic N) is 4. The molecule has 0 unspecified atom stereocenters. The summed E-state index contributed by atoms with van der Waals surface area (Å²) in [4.78, 5) is 22.0. The molecule has 0 atom stereocenters. The van der Waals surface area contributed by atoms with Crippen LogP contribution in [0.1, 0.15) is 12.0 Å². The van der Waals surface area contributed by atoms with E-state index in [4.69, 9.17) is 4.74 Å². The molecule has 0 aromatic carbocycles. The maximum Gasteiger partial charge on any atom is 0.349 e. The fourth-order valence-corrected chi connectivity index (χ4v) is 1.71. The van der Waals surface area contributed by atoms with Gasteiger partial charge < -0.3 is 10.1 Å². The van der Waals surface area contributed by atoms with Gasteiger partial charge in [-0.25, -0.2) is 4.98 Å². The van der Waals surface area contributed by atoms with E-state index in [1.165, 1.54) is 0 Å². The lowest BCUT2D eigenvalue weighted by molar-refractivity contribution is -0.386. The molecule has 0 amide bonds. The van der Waals surface area contributed by atoms with Crippen molar-refractivity contribution in [1.29, 1.82) is 0 Å². The van der Waals surface area contributed by atoms with Gasteiger partial charge in [0.15, 0.2) is 0 Å². The summed E-state index contributed by atoms with van der Waals surface area (Å²) in [6.07, 6.45) is 6.12. The van der Waals surface area contributed by atoms with E-state index in [-0.39, 0.29) is 17.5 Å². The van der Waals surface area contributed by atoms with Crippen LogP contribution in [0.5, 0.6) is 5.88 Å². The summed E-state index contributed by atoms with van der Waals surface area (Å²) in [5.74, 6) is 0.263. The minimum atomic E-state index is -0.558. The number of aromatic nitrogens is 3. The second-order valence-corrected chi connectivity index (χ2v) is 4.20. The van der Waals surface area contributed by atoms with E-state index in [9.17, 15) is 10.1 Å². The first-order valence-corrected chi connectivity index (χ1v) is 6.41. The van der Waals surface area contributed by atoms with Gasteiger partial charge in [-0.3, -0.25) is 15.1 Å². The summed E-state index contributed by atoms with van der Waals surface area (Å²) in [6.45, 7) is 0.337. The highest BCUT2D eigenvalue weighted by Gasteiger charge is 2.18. The minimum absolute atomic E-state index is 0.0194. The Balaban J connectivity index is 1.94. The topological polar surface area (TPSA) is 103 Å². The zero-order valence-electron chi connectivity index (χ0n) is 11.5. The second-order valence-electron chi connectivity index (χ2n) is 4.20. The molecule has 0 spiro atoms. The Hall–Kier alpha value is -2.77. The number of pyridine rings is 1. The fourth-order valence-electron chi connectivity index (χ4n) is 1.71. The molecule has 0 aliphatic rings. The van der Waals surface area contributed by atoms with E-state index in [0.29, 0.717) is 6.61 Å². The van der Waals surface area contributed by atoms with E-state index in [2.05, 4.69) is 20.3 Å². The molecule has 8 nitrogen and oxygen atoms in total. The van der Waals surface area contributed by atoms with Gasteiger partial charge in [-0.05, 0) is 30.5 Å². The van der Waals surface area contributed by atoms with E-state index in [1.807, 2.05) is 12.1 Å². The lowest BCUT2D eigenvalue weighted by atomic mass is 10.1. The fraction of sp³-hybridized carbons (Fsp3) is 0.308. The van der Waals surface area contributed by atoms with Gasteiger partial charge in [-0.1, -0.05) is 0 Å². The van der Waals surface area contributed by atoms with Crippen LogP contribution in [-0.2, 0) is 6.42 Å². The van der Waals surface area contributed by atoms with Gasteiger partial charge in [0.05, 0.1) is 11.5 Å². The smallest absolute Gasteiger partial charge is 0.349 e. The zero-order chi connectivity index (χ0) is 15.1. The van der Waals surface area contributed by atoms with Gasteiger partial charge in [0.2, 0.25) is 5.95 Å². The zero-order valence-corrected chi connectivity index (χ0v) is 11.5. The van der Waals surface area contributed by atoms with Crippen molar-refractivity contribution >= 4 is 11.6 Å². The number of ether oxygens (including phenoxy) is 1. The highest BCUT2D eigenvalue weighted by atomic mass is 16.6. The van der Waals surface area contributed by atoms with Crippen LogP contribution in [0.3, 0.4) is 0 Å². The third-order valence-electron chi connectivity index (χ3n) is 2.75. The number of nitro groups is 1. The molecule has 0 aliphatic heterocycles. The molecule has 0 saturated carbocycles. The van der Waals surface area contributed by atoms with Crippen LogP contribution in [0.2, 0.25) is 0 Å². The molecule has 0 fully saturated rings. The molecule has 1 N–H and O–H groups in total. The van der Waals surface area contributed by atoms with Crippen molar-refractivity contribution in [3.63, 3.8) is 0 Å². The maximum atomic E-state index is 10.9. The molecular formula is C13H15N5O3. The predicted octanol–water partition coefficient (Wildman–Crippen LogP) is 1.83. The Bertz CT molecular complexity index is 606. The molecule has 8 heteroatoms. The molecule has 2 rings (SSSR count). The van der Waals surface area contributed by atoms with E-state index >= 15 is 0 Å². The highest BCUT2D eigenvalue weighted by Crippen LogP contribution is 2.24. The summed E-state index contributed by atoms with van der Waals surface area (Å²) in [6, 6.07) is 3.85. The van der Waals surface area contributed by atoms with Crippen molar-refractivity contribution in [1.82, 2.24) is 15.0 Å². The normalized spacial score (nSPS) is 10.1. The summed E-state index contributed by atoms with van der Waals surface area (Å²) >= 11 is 0. The first kappa shape index (κ1) is 14.6. The third kappa shape index (κ3) is 4.10. The van der Waals surface area contributed by atoms with Crippen LogP contribution >= 0.6 is 0 Å². The average Bonchev–Trinajstić information content (AvgIpc) is 2.52. The largest absolute Gasteiger partial charge is 0.473 e. The van der Waals surface area contributed by atoms with Crippen molar-refractivity contribution in [3.05, 3.63) is 46.4 Å². The summed E-state index contributed by atoms with van der Waals surface area (Å²) in [5, 5.41) is 13.6. The quantitative estimate of drug-likeness (QED) is 0.471. The number of hydrogen-bond acceptors (Lipinski definition) is 7. The number of hydrogen-bond donors (Lipinski definition) is 1. The van der Waals surface area contributed by atoms with E-state index in [0.717, 1.165) is 24.6 Å². The van der Waals surface area contributed by atoms with Crippen molar-refractivity contribution in [3.8, 4) is 5.88 Å². The summed E-state index contributed by atoms with van der Waals surface area (Å²) in [5.41, 5.74) is 0.902. The molecular weight excluding hydrogens is 274 g/mol. The predicted molar refractivity (Wildman–Crippen MR) is 76.3 cm³/mol. The van der Waals surface area contributed by atoms with E-state index < -0.39 is 4.92 Å². The van der Waals surface area contributed by atoms with Crippen molar-refractivity contribution in [2.45, 2.75) is 12.8 Å². The first-order chi connectivity index (χ1) is 10.2. The Labute approximate surface area is 121 Å². The van der Waals surface area contributed by atoms with Crippen molar-refractivity contribution < 1.29 is 9.66 Å². The van der Waals surface area contributed by atoms with Crippen LogP contribution in [0.15, 0.2) is 30.7 Å². The molecule has 0 bridgehead atoms. The standard InChI is InChI=1S/C13H15N5O3/c1-14-13-16-9-11(18(19)20)12(17-13)21-8-2-3-10-4-6-15-7-5-10/h4-7,9H,2-3,8H2,1H3,(H,14,16,17). The Morgan fingerprint density at radius 3 is 2.81 bits per heavy atom. The van der Waals surface area contributed by atoms with Gasteiger partial charge in [0, 0.05) is 19.4 Å². The lowest BCUT2D eigenvalue weighted by Gasteiger charge is -2.07. The molecule has 2 heterocycles. The lowest BCUT2D eigenvalue weighted by Crippen LogP contribution is -2.06. The SMILES string of the molecule is CNc1ncc([N+](=O)[O-])c(OCCCc2ccncc2)n1. The Morgan fingerprint density at radius 1 is 1.38 bits per heavy atom. The van der Waals surface area contributed by atoms with Gasteiger partial charge >= 0.3 is 5.69 Å². The first-order valence-electron chi connectivity index (χ1n) is 6.41. The number of anilines is 1. The molecule has 0 saturated heterocycles. The number of aryl methyl sites for hydroxylation is 1. The highest BCUT2D eigenvalue weighted by molar-refractivity contribution is 5.42. The average molecular weight is 289 g/mol. The van der Waals surface area contributed by atoms with Gasteiger partial charge in [-0.2, -0.15) is 4.98 Å². The molecule has 2 aromatic heterocycles. The Kier molecular flexibility index (Phi) is 4.97. The van der Waals surface area contributed by atoms with Crippen LogP contribution in [-0.4, -0.2) is 33.5 Å². The number of rotatable bonds is 7. The van der Waals surface area contributed by atoms with Crippen molar-refractivity contribution in [2.75, 3.05) is 19.0 Å². The summed E-state index contributed by atoms with van der Waals surface area (Å²) in [7, 11) is 1.63. The van der Waals surface area contributed by atoms with Crippen LogP contribution in [0.4, 0.5) is 11.6 Å². The molecule has 0 aliphatic carbocycles. The monoisotopic (exact) mass is 289 g/mol. The number of nitrogens with one attached hydrogen (secondary N) is 1. The van der Waals surface area contributed by atoms with Gasteiger partial charge in [0.25, 0.3) is 5.88 Å².